The third kappa shape index (κ3) is 10.1. The molecule has 0 radical (unpaired) electrons. The summed E-state index contributed by atoms with van der Waals surface area (Å²) in [5.41, 5.74) is 0.801. The average molecular weight is 652 g/mol. The van der Waals surface area contributed by atoms with Crippen molar-refractivity contribution >= 4 is 50.6 Å². The molecule has 0 bridgehead atoms. The number of nitrogens with zero attached hydrogens (tertiary/aromatic N) is 1. The molecule has 1 aliphatic heterocycles. The molecule has 2 aromatic carbocycles. The van der Waals surface area contributed by atoms with Crippen LogP contribution in [0.25, 0.3) is 0 Å². The van der Waals surface area contributed by atoms with E-state index in [4.69, 9.17) is 24.1 Å². The highest BCUT2D eigenvalue weighted by molar-refractivity contribution is 7.59. The van der Waals surface area contributed by atoms with Gasteiger partial charge in [0.25, 0.3) is 5.91 Å². The smallest absolute Gasteiger partial charge is 0.341 e. The number of carboxylic acids is 1. The average Bonchev–Trinajstić information content (AvgIpc) is 3.01. The maximum absolute atomic E-state index is 13.6. The van der Waals surface area contributed by atoms with Crippen molar-refractivity contribution < 1.29 is 43.2 Å². The van der Waals surface area contributed by atoms with Crippen molar-refractivity contribution in [1.29, 1.82) is 0 Å². The third-order valence-corrected chi connectivity index (χ3v) is 7.74. The summed E-state index contributed by atoms with van der Waals surface area (Å²) in [6.45, 7) is 5.16. The molecular formula is C32H45NO9S2. The highest BCUT2D eigenvalue weighted by atomic mass is 32.1. The van der Waals surface area contributed by atoms with Gasteiger partial charge in [-0.2, -0.15) is 27.0 Å². The highest BCUT2D eigenvalue weighted by Gasteiger charge is 2.41. The Morgan fingerprint density at radius 2 is 1.64 bits per heavy atom. The van der Waals surface area contributed by atoms with Crippen LogP contribution in [0.15, 0.2) is 42.5 Å². The second-order valence-electron chi connectivity index (χ2n) is 11.0. The number of methoxy groups -OCH3 is 2. The van der Waals surface area contributed by atoms with Crippen molar-refractivity contribution in [2.45, 2.75) is 71.4 Å². The Balaban J connectivity index is 0.00000484. The minimum absolute atomic E-state index is 0. The highest BCUT2D eigenvalue weighted by Crippen LogP contribution is 2.32. The van der Waals surface area contributed by atoms with Gasteiger partial charge in [0.2, 0.25) is 5.78 Å². The summed E-state index contributed by atoms with van der Waals surface area (Å²) in [5.74, 6) is -1.26. The first kappa shape index (κ1) is 38.6. The van der Waals surface area contributed by atoms with Crippen LogP contribution >= 0.6 is 27.0 Å². The molecule has 1 N–H and O–H groups in total. The van der Waals surface area contributed by atoms with Crippen LogP contribution < -0.4 is 14.2 Å². The molecule has 0 aromatic heterocycles. The van der Waals surface area contributed by atoms with E-state index in [0.29, 0.717) is 61.5 Å². The fraction of sp³-hybridized carbons (Fsp3) is 0.500. The molecule has 44 heavy (non-hydrogen) atoms. The lowest BCUT2D eigenvalue weighted by Crippen LogP contribution is -2.53. The van der Waals surface area contributed by atoms with Gasteiger partial charge in [-0.05, 0) is 73.9 Å². The SMILES string of the molecule is CCC(C)(C)C(=O)C(=O)N1CCCC[C@H]1C(=O)O[C@@H](CCc1ccc(OC)c(OC)c1)c1ccc(OCC(=O)O)cc1.S.S. The Bertz CT molecular complexity index is 1270. The second kappa shape index (κ2) is 17.8. The van der Waals surface area contributed by atoms with E-state index in [1.807, 2.05) is 25.1 Å². The van der Waals surface area contributed by atoms with E-state index < -0.39 is 47.8 Å². The number of piperidine rings is 1. The van der Waals surface area contributed by atoms with Gasteiger partial charge >= 0.3 is 11.9 Å². The van der Waals surface area contributed by atoms with Gasteiger partial charge in [0.1, 0.15) is 17.9 Å². The number of esters is 1. The molecule has 2 aromatic rings. The number of hydrogen-bond donors (Lipinski definition) is 1. The lowest BCUT2D eigenvalue weighted by atomic mass is 9.84. The van der Waals surface area contributed by atoms with Crippen molar-refractivity contribution in [3.8, 4) is 17.2 Å². The molecule has 10 nitrogen and oxygen atoms in total. The van der Waals surface area contributed by atoms with E-state index in [9.17, 15) is 19.2 Å². The molecule has 1 heterocycles. The minimum atomic E-state index is -1.09. The molecule has 0 unspecified atom stereocenters. The topological polar surface area (TPSA) is 129 Å². The van der Waals surface area contributed by atoms with Gasteiger partial charge in [0.05, 0.1) is 14.2 Å². The molecule has 12 heteroatoms. The molecule has 0 saturated carbocycles. The van der Waals surface area contributed by atoms with Crippen molar-refractivity contribution in [3.63, 3.8) is 0 Å². The van der Waals surface area contributed by atoms with Crippen LogP contribution in [0.4, 0.5) is 0 Å². The fourth-order valence-corrected chi connectivity index (χ4v) is 4.77. The predicted molar refractivity (Wildman–Crippen MR) is 175 cm³/mol. The number of aliphatic carboxylic acids is 1. The third-order valence-electron chi connectivity index (χ3n) is 7.74. The second-order valence-corrected chi connectivity index (χ2v) is 11.0. The van der Waals surface area contributed by atoms with Crippen LogP contribution in [-0.2, 0) is 30.3 Å². The largest absolute Gasteiger partial charge is 0.493 e. The molecular weight excluding hydrogens is 606 g/mol. The zero-order valence-corrected chi connectivity index (χ0v) is 28.0. The Labute approximate surface area is 273 Å². The number of aryl methyl sites for hydroxylation is 1. The number of Topliss-reactive ketones (excluding diaryl/α,β-unsaturated/α-hetero) is 1. The molecule has 3 rings (SSSR count). The van der Waals surface area contributed by atoms with Crippen LogP contribution in [0, 0.1) is 5.41 Å². The van der Waals surface area contributed by atoms with Crippen LogP contribution in [-0.4, -0.2) is 67.0 Å². The van der Waals surface area contributed by atoms with Crippen molar-refractivity contribution in [2.75, 3.05) is 27.4 Å². The first-order valence-electron chi connectivity index (χ1n) is 14.2. The Hall–Kier alpha value is -3.38. The Morgan fingerprint density at radius 1 is 0.977 bits per heavy atom. The summed E-state index contributed by atoms with van der Waals surface area (Å²) in [7, 11) is 3.12. The summed E-state index contributed by atoms with van der Waals surface area (Å²) in [6.07, 6.45) is 2.63. The molecule has 1 fully saturated rings. The van der Waals surface area contributed by atoms with Crippen LogP contribution in [0.1, 0.15) is 70.1 Å². The molecule has 1 aliphatic rings. The first-order valence-corrected chi connectivity index (χ1v) is 14.2. The minimum Gasteiger partial charge on any atom is -0.493 e. The van der Waals surface area contributed by atoms with E-state index in [0.717, 1.165) is 12.0 Å². The quantitative estimate of drug-likeness (QED) is 0.222. The van der Waals surface area contributed by atoms with Crippen molar-refractivity contribution in [3.05, 3.63) is 53.6 Å². The van der Waals surface area contributed by atoms with Crippen LogP contribution in [0.5, 0.6) is 17.2 Å². The zero-order chi connectivity index (χ0) is 30.9. The summed E-state index contributed by atoms with van der Waals surface area (Å²) in [6, 6.07) is 11.4. The maximum atomic E-state index is 13.6. The Kier molecular flexibility index (Phi) is 15.6. The van der Waals surface area contributed by atoms with Gasteiger partial charge in [0, 0.05) is 12.0 Å². The van der Waals surface area contributed by atoms with Crippen molar-refractivity contribution in [1.82, 2.24) is 4.90 Å². The van der Waals surface area contributed by atoms with Crippen LogP contribution in [0.2, 0.25) is 0 Å². The van der Waals surface area contributed by atoms with Gasteiger partial charge in [0.15, 0.2) is 18.1 Å². The summed E-state index contributed by atoms with van der Waals surface area (Å²) >= 11 is 0. The van der Waals surface area contributed by atoms with E-state index in [-0.39, 0.29) is 27.0 Å². The molecule has 1 amide bonds. The van der Waals surface area contributed by atoms with E-state index in [2.05, 4.69) is 0 Å². The number of likely N-dealkylation sites (tertiary alicyclic amines) is 1. The lowest BCUT2D eigenvalue weighted by molar-refractivity contribution is -0.164. The molecule has 2 atom stereocenters. The monoisotopic (exact) mass is 651 g/mol. The summed E-state index contributed by atoms with van der Waals surface area (Å²) < 4.78 is 22.1. The summed E-state index contributed by atoms with van der Waals surface area (Å²) in [4.78, 5) is 52.1. The first-order chi connectivity index (χ1) is 20.0. The number of ether oxygens (including phenoxy) is 4. The normalized spacial score (nSPS) is 15.1. The number of carboxylic acid groups (broad SMARTS) is 1. The lowest BCUT2D eigenvalue weighted by Gasteiger charge is -2.36. The number of carbonyl (C=O) groups is 4. The Morgan fingerprint density at radius 3 is 2.23 bits per heavy atom. The van der Waals surface area contributed by atoms with Gasteiger partial charge in [-0.1, -0.05) is 39.0 Å². The van der Waals surface area contributed by atoms with Crippen molar-refractivity contribution in [2.24, 2.45) is 5.41 Å². The number of amides is 1. The molecule has 0 spiro atoms. The van der Waals surface area contributed by atoms with Gasteiger partial charge in [-0.15, -0.1) is 0 Å². The molecule has 244 valence electrons. The predicted octanol–water partition coefficient (Wildman–Crippen LogP) is 5.00. The van der Waals surface area contributed by atoms with Crippen LogP contribution in [0.3, 0.4) is 0 Å². The van der Waals surface area contributed by atoms with E-state index >= 15 is 0 Å². The van der Waals surface area contributed by atoms with Gasteiger partial charge in [-0.25, -0.2) is 9.59 Å². The summed E-state index contributed by atoms with van der Waals surface area (Å²) in [5, 5.41) is 8.89. The molecule has 0 aliphatic carbocycles. The van der Waals surface area contributed by atoms with E-state index in [1.165, 1.54) is 4.90 Å². The maximum Gasteiger partial charge on any atom is 0.341 e. The van der Waals surface area contributed by atoms with Gasteiger partial charge < -0.3 is 29.0 Å². The standard InChI is InChI=1S/C32H41NO9.2H2S/c1-6-32(2,3)29(36)30(37)33-18-8-7-9-24(33)31(38)42-25(22-12-14-23(15-13-22)41-20-28(34)35)16-10-21-11-17-26(39-4)27(19-21)40-5;;/h11-15,17,19,24-25H,6-10,16,18,20H2,1-5H3,(H,34,35);2*1H2/t24-,25-;;/m0../s1. The number of ketones is 1. The fourth-order valence-electron chi connectivity index (χ4n) is 4.77. The van der Waals surface area contributed by atoms with Gasteiger partial charge in [-0.3, -0.25) is 9.59 Å². The van der Waals surface area contributed by atoms with E-state index in [1.54, 1.807) is 52.3 Å². The number of benzene rings is 2. The number of hydrogen-bond acceptors (Lipinski definition) is 8. The number of rotatable bonds is 14. The number of carbonyl (C=O) groups excluding carboxylic acids is 3. The zero-order valence-electron chi connectivity index (χ0n) is 26.0. The molecule has 1 saturated heterocycles.